The largest absolute Gasteiger partial charge is 0.340 e. The number of hydrogen-bond acceptors (Lipinski definition) is 4. The second-order valence-electron chi connectivity index (χ2n) is 7.01. The van der Waals surface area contributed by atoms with Crippen LogP contribution >= 0.6 is 0 Å². The summed E-state index contributed by atoms with van der Waals surface area (Å²) in [5.74, 6) is 2.00. The number of carbonyl (C=O) groups excluding carboxylic acids is 1. The van der Waals surface area contributed by atoms with E-state index in [0.29, 0.717) is 24.8 Å². The number of hydrogen-bond donors (Lipinski definition) is 0. The third kappa shape index (κ3) is 3.14. The number of nitriles is 1. The second-order valence-corrected chi connectivity index (χ2v) is 7.01. The van der Waals surface area contributed by atoms with Crippen LogP contribution in [0.4, 0.5) is 0 Å². The Morgan fingerprint density at radius 1 is 1.28 bits per heavy atom. The summed E-state index contributed by atoms with van der Waals surface area (Å²) in [7, 11) is 1.84. The Bertz CT molecular complexity index is 818. The van der Waals surface area contributed by atoms with E-state index < -0.39 is 0 Å². The molecule has 0 unspecified atom stereocenters. The number of amides is 1. The van der Waals surface area contributed by atoms with Crippen LogP contribution in [0.25, 0.3) is 0 Å². The topological polar surface area (TPSA) is 74.8 Å². The minimum atomic E-state index is -0.159. The van der Waals surface area contributed by atoms with E-state index >= 15 is 0 Å². The number of likely N-dealkylation sites (tertiary alicyclic amines) is 1. The summed E-state index contributed by atoms with van der Waals surface area (Å²) >= 11 is 0. The molecule has 128 valence electrons. The summed E-state index contributed by atoms with van der Waals surface area (Å²) in [6.07, 6.45) is 2.54. The van der Waals surface area contributed by atoms with Crippen molar-refractivity contribution in [3.05, 3.63) is 47.5 Å². The van der Waals surface area contributed by atoms with Gasteiger partial charge >= 0.3 is 0 Å². The molecule has 1 saturated heterocycles. The number of benzene rings is 1. The lowest BCUT2D eigenvalue weighted by Gasteiger charge is -2.16. The van der Waals surface area contributed by atoms with Crippen LogP contribution in [-0.2, 0) is 18.3 Å². The van der Waals surface area contributed by atoms with Gasteiger partial charge in [-0.25, -0.2) is 4.98 Å². The fourth-order valence-corrected chi connectivity index (χ4v) is 3.53. The second kappa shape index (κ2) is 6.32. The summed E-state index contributed by atoms with van der Waals surface area (Å²) < 4.78 is 1.72. The van der Waals surface area contributed by atoms with Crippen molar-refractivity contribution in [3.8, 4) is 6.07 Å². The first kappa shape index (κ1) is 15.8. The van der Waals surface area contributed by atoms with Gasteiger partial charge in [-0.2, -0.15) is 10.4 Å². The lowest BCUT2D eigenvalue weighted by Crippen LogP contribution is -2.31. The molecule has 1 aliphatic carbocycles. The van der Waals surface area contributed by atoms with Gasteiger partial charge in [-0.1, -0.05) is 30.3 Å². The molecular weight excluding hydrogens is 314 g/mol. The summed E-state index contributed by atoms with van der Waals surface area (Å²) in [6, 6.07) is 12.4. The van der Waals surface area contributed by atoms with E-state index in [2.05, 4.69) is 16.2 Å². The number of carbonyl (C=O) groups is 1. The van der Waals surface area contributed by atoms with Gasteiger partial charge in [0, 0.05) is 32.0 Å². The Morgan fingerprint density at radius 2 is 2.04 bits per heavy atom. The van der Waals surface area contributed by atoms with Gasteiger partial charge in [0.2, 0.25) is 5.91 Å². The van der Waals surface area contributed by atoms with E-state index in [4.69, 9.17) is 0 Å². The normalized spacial score (nSPS) is 22.8. The van der Waals surface area contributed by atoms with Gasteiger partial charge in [-0.3, -0.25) is 9.48 Å². The summed E-state index contributed by atoms with van der Waals surface area (Å²) in [5.41, 5.74) is 1.12. The molecule has 0 N–H and O–H groups in total. The molecule has 2 atom stereocenters. The molecule has 2 aromatic rings. The maximum absolute atomic E-state index is 12.7. The predicted molar refractivity (Wildman–Crippen MR) is 91.5 cm³/mol. The maximum Gasteiger partial charge on any atom is 0.230 e. The van der Waals surface area contributed by atoms with E-state index in [9.17, 15) is 10.1 Å². The molecule has 2 heterocycles. The quantitative estimate of drug-likeness (QED) is 0.856. The van der Waals surface area contributed by atoms with Crippen molar-refractivity contribution in [2.24, 2.45) is 13.0 Å². The minimum absolute atomic E-state index is 0.0246. The van der Waals surface area contributed by atoms with Crippen molar-refractivity contribution >= 4 is 5.91 Å². The van der Waals surface area contributed by atoms with Crippen LogP contribution in [0.2, 0.25) is 0 Å². The molecule has 4 rings (SSSR count). The van der Waals surface area contributed by atoms with Gasteiger partial charge < -0.3 is 4.90 Å². The monoisotopic (exact) mass is 335 g/mol. The highest BCUT2D eigenvalue weighted by Crippen LogP contribution is 2.38. The molecule has 25 heavy (non-hydrogen) atoms. The van der Waals surface area contributed by atoms with Crippen LogP contribution in [0.15, 0.2) is 30.3 Å². The lowest BCUT2D eigenvalue weighted by molar-refractivity contribution is -0.129. The van der Waals surface area contributed by atoms with Gasteiger partial charge in [-0.05, 0) is 18.4 Å². The predicted octanol–water partition coefficient (Wildman–Crippen LogP) is 2.00. The zero-order chi connectivity index (χ0) is 17.4. The molecule has 6 heteroatoms. The van der Waals surface area contributed by atoms with Crippen molar-refractivity contribution in [2.75, 3.05) is 13.1 Å². The Labute approximate surface area is 147 Å². The molecule has 1 aromatic carbocycles. The smallest absolute Gasteiger partial charge is 0.230 e. The maximum atomic E-state index is 12.7. The van der Waals surface area contributed by atoms with Crippen LogP contribution in [0, 0.1) is 17.2 Å². The number of rotatable bonds is 4. The first-order chi connectivity index (χ1) is 12.2. The van der Waals surface area contributed by atoms with E-state index in [-0.39, 0.29) is 24.2 Å². The third-order valence-electron chi connectivity index (χ3n) is 5.19. The lowest BCUT2D eigenvalue weighted by atomic mass is 9.90. The van der Waals surface area contributed by atoms with E-state index in [1.165, 1.54) is 0 Å². The van der Waals surface area contributed by atoms with Crippen LogP contribution in [0.3, 0.4) is 0 Å². The fraction of sp³-hybridized carbons (Fsp3) is 0.474. The molecule has 6 nitrogen and oxygen atoms in total. The molecule has 0 radical (unpaired) electrons. The van der Waals surface area contributed by atoms with Crippen molar-refractivity contribution < 1.29 is 4.79 Å². The van der Waals surface area contributed by atoms with Gasteiger partial charge in [0.1, 0.15) is 5.82 Å². The first-order valence-corrected chi connectivity index (χ1v) is 8.78. The average molecular weight is 335 g/mol. The summed E-state index contributed by atoms with van der Waals surface area (Å²) in [5, 5.41) is 13.9. The standard InChI is InChI=1S/C19H21N5O/c1-23-17(21-19(22-23)14-7-8-14)9-18(25)24-11-15(10-20)16(12-24)13-5-3-2-4-6-13/h2-6,14-16H,7-9,11-12H2,1H3/t15-,16+/m1/s1. The molecule has 0 bridgehead atoms. The van der Waals surface area contributed by atoms with Gasteiger partial charge in [0.05, 0.1) is 18.4 Å². The highest BCUT2D eigenvalue weighted by atomic mass is 16.2. The molecule has 2 aliphatic rings. The van der Waals surface area contributed by atoms with E-state index in [1.807, 2.05) is 37.4 Å². The summed E-state index contributed by atoms with van der Waals surface area (Å²) in [6.45, 7) is 1.08. The summed E-state index contributed by atoms with van der Waals surface area (Å²) in [4.78, 5) is 19.1. The zero-order valence-corrected chi connectivity index (χ0v) is 14.3. The van der Waals surface area contributed by atoms with E-state index in [0.717, 1.165) is 24.2 Å². The molecule has 0 spiro atoms. The Kier molecular flexibility index (Phi) is 4.00. The van der Waals surface area contributed by atoms with Crippen molar-refractivity contribution in [3.63, 3.8) is 0 Å². The van der Waals surface area contributed by atoms with Gasteiger partial charge in [0.15, 0.2) is 5.82 Å². The van der Waals surface area contributed by atoms with Crippen molar-refractivity contribution in [1.29, 1.82) is 5.26 Å². The molecule has 1 amide bonds. The van der Waals surface area contributed by atoms with Crippen molar-refractivity contribution in [2.45, 2.75) is 31.1 Å². The van der Waals surface area contributed by atoms with E-state index in [1.54, 1.807) is 9.58 Å². The molecule has 1 aliphatic heterocycles. The van der Waals surface area contributed by atoms with Crippen molar-refractivity contribution in [1.82, 2.24) is 19.7 Å². The highest BCUT2D eigenvalue weighted by Gasteiger charge is 2.36. The number of aromatic nitrogens is 3. The van der Waals surface area contributed by atoms with Gasteiger partial charge in [-0.15, -0.1) is 0 Å². The first-order valence-electron chi connectivity index (χ1n) is 8.78. The van der Waals surface area contributed by atoms with Gasteiger partial charge in [0.25, 0.3) is 0 Å². The SMILES string of the molecule is Cn1nc(C2CC2)nc1CC(=O)N1C[C@@H](C#N)[C@H](c2ccccc2)C1. The average Bonchev–Trinajstić information content (AvgIpc) is 3.29. The van der Waals surface area contributed by atoms with Crippen LogP contribution in [0.5, 0.6) is 0 Å². The fourth-order valence-electron chi connectivity index (χ4n) is 3.53. The third-order valence-corrected chi connectivity index (χ3v) is 5.19. The minimum Gasteiger partial charge on any atom is -0.340 e. The van der Waals surface area contributed by atoms with Crippen LogP contribution in [-0.4, -0.2) is 38.7 Å². The number of nitrogens with zero attached hydrogens (tertiary/aromatic N) is 5. The molecule has 1 saturated carbocycles. The Hall–Kier alpha value is -2.68. The Balaban J connectivity index is 1.47. The number of aryl methyl sites for hydroxylation is 1. The van der Waals surface area contributed by atoms with Crippen LogP contribution in [0.1, 0.15) is 41.9 Å². The molecule has 1 aromatic heterocycles. The Morgan fingerprint density at radius 3 is 2.72 bits per heavy atom. The molecule has 2 fully saturated rings. The highest BCUT2D eigenvalue weighted by molar-refractivity contribution is 5.78. The molecular formula is C19H21N5O. The van der Waals surface area contributed by atoms with Crippen LogP contribution < -0.4 is 0 Å². The zero-order valence-electron chi connectivity index (χ0n) is 14.3.